The van der Waals surface area contributed by atoms with Gasteiger partial charge in [-0.15, -0.1) is 0 Å². The van der Waals surface area contributed by atoms with Crippen LogP contribution in [0.5, 0.6) is 0 Å². The average molecular weight is 330 g/mol. The van der Waals surface area contributed by atoms with Crippen molar-refractivity contribution in [1.29, 1.82) is 0 Å². The van der Waals surface area contributed by atoms with Crippen molar-refractivity contribution in [3.63, 3.8) is 0 Å². The van der Waals surface area contributed by atoms with Crippen molar-refractivity contribution in [3.05, 3.63) is 34.9 Å². The molecule has 5 nitrogen and oxygen atoms in total. The number of aryl methyl sites for hydroxylation is 2. The van der Waals surface area contributed by atoms with Gasteiger partial charge < -0.3 is 10.0 Å². The fourth-order valence-electron chi connectivity index (χ4n) is 3.79. The Balaban J connectivity index is 1.58. The number of fused-ring (bicyclic) bond motifs is 1. The first-order valence-corrected chi connectivity index (χ1v) is 8.80. The number of hydrogen-bond acceptors (Lipinski definition) is 3. The molecule has 1 saturated heterocycles. The lowest BCUT2D eigenvalue weighted by atomic mass is 9.90. The van der Waals surface area contributed by atoms with Gasteiger partial charge in [-0.1, -0.05) is 18.2 Å². The summed E-state index contributed by atoms with van der Waals surface area (Å²) < 4.78 is 0. The van der Waals surface area contributed by atoms with Gasteiger partial charge in [-0.05, 0) is 55.7 Å². The summed E-state index contributed by atoms with van der Waals surface area (Å²) in [5.74, 6) is -0.735. The van der Waals surface area contributed by atoms with Crippen molar-refractivity contribution in [2.24, 2.45) is 0 Å². The minimum Gasteiger partial charge on any atom is -0.480 e. The fourth-order valence-corrected chi connectivity index (χ4v) is 3.79. The molecular weight excluding hydrogens is 304 g/mol. The molecule has 2 N–H and O–H groups in total. The van der Waals surface area contributed by atoms with Crippen LogP contribution in [0.15, 0.2) is 18.2 Å². The van der Waals surface area contributed by atoms with Crippen LogP contribution in [0, 0.1) is 0 Å². The largest absolute Gasteiger partial charge is 0.480 e. The predicted octanol–water partition coefficient (Wildman–Crippen LogP) is 1.77. The van der Waals surface area contributed by atoms with Crippen molar-refractivity contribution in [3.8, 4) is 0 Å². The summed E-state index contributed by atoms with van der Waals surface area (Å²) >= 11 is 0. The smallest absolute Gasteiger partial charge is 0.317 e. The van der Waals surface area contributed by atoms with Gasteiger partial charge in [0.1, 0.15) is 0 Å². The number of amides is 1. The lowest BCUT2D eigenvalue weighted by Crippen LogP contribution is -2.47. The molecule has 1 aliphatic heterocycles. The van der Waals surface area contributed by atoms with Crippen molar-refractivity contribution in [2.45, 2.75) is 51.0 Å². The van der Waals surface area contributed by atoms with Crippen LogP contribution in [0.4, 0.5) is 0 Å². The summed E-state index contributed by atoms with van der Waals surface area (Å²) in [6, 6.07) is 6.46. The first-order chi connectivity index (χ1) is 11.5. The van der Waals surface area contributed by atoms with Crippen LogP contribution in [0.25, 0.3) is 0 Å². The number of carboxylic acids is 1. The van der Waals surface area contributed by atoms with E-state index < -0.39 is 5.97 Å². The molecule has 0 spiro atoms. The Labute approximate surface area is 143 Å². The van der Waals surface area contributed by atoms with E-state index in [4.69, 9.17) is 5.11 Å². The Morgan fingerprint density at radius 2 is 2.00 bits per heavy atom. The molecule has 0 saturated carbocycles. The second kappa shape index (κ2) is 6.93. The number of nitrogens with one attached hydrogen (secondary N) is 1. The standard InChI is InChI=1S/C19H26N2O3/c1-19(20-12-18(23)24)8-9-21(13-19)17(22)11-14-6-7-15-4-2-3-5-16(15)10-14/h6-7,10,20H,2-5,8-9,11-13H2,1H3,(H,23,24). The third-order valence-corrected chi connectivity index (χ3v) is 5.26. The monoisotopic (exact) mass is 330 g/mol. The number of carbonyl (C=O) groups is 2. The molecule has 1 aliphatic carbocycles. The Bertz CT molecular complexity index is 643. The van der Waals surface area contributed by atoms with E-state index in [0.717, 1.165) is 24.8 Å². The Morgan fingerprint density at radius 3 is 2.75 bits per heavy atom. The second-order valence-corrected chi connectivity index (χ2v) is 7.36. The van der Waals surface area contributed by atoms with E-state index in [9.17, 15) is 9.59 Å². The van der Waals surface area contributed by atoms with Crippen LogP contribution in [-0.2, 0) is 28.9 Å². The van der Waals surface area contributed by atoms with Gasteiger partial charge in [0, 0.05) is 18.6 Å². The van der Waals surface area contributed by atoms with Crippen LogP contribution in [-0.4, -0.2) is 47.1 Å². The molecule has 1 fully saturated rings. The lowest BCUT2D eigenvalue weighted by Gasteiger charge is -2.25. The van der Waals surface area contributed by atoms with Crippen molar-refractivity contribution < 1.29 is 14.7 Å². The maximum absolute atomic E-state index is 12.6. The zero-order chi connectivity index (χ0) is 17.2. The van der Waals surface area contributed by atoms with Crippen LogP contribution in [0.3, 0.4) is 0 Å². The van der Waals surface area contributed by atoms with Crippen molar-refractivity contribution >= 4 is 11.9 Å². The summed E-state index contributed by atoms with van der Waals surface area (Å²) in [5, 5.41) is 11.9. The van der Waals surface area contributed by atoms with Crippen molar-refractivity contribution in [2.75, 3.05) is 19.6 Å². The molecule has 2 aliphatic rings. The van der Waals surface area contributed by atoms with Gasteiger partial charge >= 0.3 is 5.97 Å². The van der Waals surface area contributed by atoms with Crippen LogP contribution >= 0.6 is 0 Å². The topological polar surface area (TPSA) is 69.6 Å². The summed E-state index contributed by atoms with van der Waals surface area (Å²) in [6.45, 7) is 3.18. The molecule has 1 aromatic carbocycles. The molecule has 1 amide bonds. The number of rotatable bonds is 5. The molecule has 5 heteroatoms. The van der Waals surface area contributed by atoms with E-state index in [-0.39, 0.29) is 18.0 Å². The van der Waals surface area contributed by atoms with Gasteiger partial charge in [-0.3, -0.25) is 14.9 Å². The molecule has 1 aromatic rings. The zero-order valence-electron chi connectivity index (χ0n) is 14.3. The number of carboxylic acid groups (broad SMARTS) is 1. The number of aliphatic carboxylic acids is 1. The van der Waals surface area contributed by atoms with E-state index in [1.54, 1.807) is 0 Å². The molecule has 1 unspecified atom stereocenters. The van der Waals surface area contributed by atoms with Gasteiger partial charge in [-0.2, -0.15) is 0 Å². The summed E-state index contributed by atoms with van der Waals surface area (Å²) in [5.41, 5.74) is 3.63. The molecule has 1 atom stereocenters. The number of hydrogen-bond donors (Lipinski definition) is 2. The molecular formula is C19H26N2O3. The quantitative estimate of drug-likeness (QED) is 0.863. The van der Waals surface area contributed by atoms with Gasteiger partial charge in [-0.25, -0.2) is 0 Å². The molecule has 3 rings (SSSR count). The average Bonchev–Trinajstić information content (AvgIpc) is 2.96. The third-order valence-electron chi connectivity index (χ3n) is 5.26. The summed E-state index contributed by atoms with van der Waals surface area (Å²) in [6.07, 6.45) is 6.01. The van der Waals surface area contributed by atoms with E-state index >= 15 is 0 Å². The Kier molecular flexibility index (Phi) is 4.90. The highest BCUT2D eigenvalue weighted by atomic mass is 16.4. The van der Waals surface area contributed by atoms with Crippen LogP contribution in [0.2, 0.25) is 0 Å². The highest BCUT2D eigenvalue weighted by Crippen LogP contribution is 2.24. The third kappa shape index (κ3) is 3.96. The number of carbonyl (C=O) groups excluding carboxylic acids is 1. The predicted molar refractivity (Wildman–Crippen MR) is 92.0 cm³/mol. The summed E-state index contributed by atoms with van der Waals surface area (Å²) in [4.78, 5) is 25.2. The zero-order valence-corrected chi connectivity index (χ0v) is 14.3. The van der Waals surface area contributed by atoms with Crippen LogP contribution < -0.4 is 5.32 Å². The molecule has 0 bridgehead atoms. The SMILES string of the molecule is CC1(NCC(=O)O)CCN(C(=O)Cc2ccc3c(c2)CCCC3)C1. The highest BCUT2D eigenvalue weighted by Gasteiger charge is 2.35. The van der Waals surface area contributed by atoms with Crippen LogP contribution in [0.1, 0.15) is 42.9 Å². The molecule has 24 heavy (non-hydrogen) atoms. The minimum atomic E-state index is -0.866. The van der Waals surface area contributed by atoms with E-state index in [1.807, 2.05) is 11.8 Å². The van der Waals surface area contributed by atoms with Gasteiger partial charge in [0.25, 0.3) is 0 Å². The van der Waals surface area contributed by atoms with Gasteiger partial charge in [0.05, 0.1) is 13.0 Å². The minimum absolute atomic E-state index is 0.0661. The Morgan fingerprint density at radius 1 is 1.25 bits per heavy atom. The maximum atomic E-state index is 12.6. The van der Waals surface area contributed by atoms with E-state index in [1.165, 1.54) is 24.0 Å². The Hall–Kier alpha value is -1.88. The first-order valence-electron chi connectivity index (χ1n) is 8.80. The van der Waals surface area contributed by atoms with Gasteiger partial charge in [0.15, 0.2) is 0 Å². The maximum Gasteiger partial charge on any atom is 0.317 e. The van der Waals surface area contributed by atoms with E-state index in [2.05, 4.69) is 23.5 Å². The number of likely N-dealkylation sites (tertiary alicyclic amines) is 1. The normalized spacial score (nSPS) is 23.1. The number of benzene rings is 1. The van der Waals surface area contributed by atoms with Crippen molar-refractivity contribution in [1.82, 2.24) is 10.2 Å². The lowest BCUT2D eigenvalue weighted by molar-refractivity contribution is -0.136. The molecule has 130 valence electrons. The molecule has 0 aromatic heterocycles. The molecule has 0 radical (unpaired) electrons. The number of nitrogens with zero attached hydrogens (tertiary/aromatic N) is 1. The first kappa shape index (κ1) is 17.0. The van der Waals surface area contributed by atoms with Gasteiger partial charge in [0.2, 0.25) is 5.91 Å². The van der Waals surface area contributed by atoms with E-state index in [0.29, 0.717) is 19.5 Å². The fraction of sp³-hybridized carbons (Fsp3) is 0.579. The highest BCUT2D eigenvalue weighted by molar-refractivity contribution is 5.79. The second-order valence-electron chi connectivity index (χ2n) is 7.36. The molecule has 1 heterocycles. The summed E-state index contributed by atoms with van der Waals surface area (Å²) in [7, 11) is 0.